The lowest BCUT2D eigenvalue weighted by Crippen LogP contribution is -1.89. The number of hydrogen-bond acceptors (Lipinski definition) is 2. The van der Waals surface area contributed by atoms with E-state index < -0.39 is 0 Å². The fourth-order valence-corrected chi connectivity index (χ4v) is 2.54. The summed E-state index contributed by atoms with van der Waals surface area (Å²) in [6.45, 7) is 4.09. The van der Waals surface area contributed by atoms with Gasteiger partial charge in [-0.1, -0.05) is 11.6 Å². The van der Waals surface area contributed by atoms with Crippen LogP contribution in [0.5, 0.6) is 5.75 Å². The molecule has 0 atom stereocenters. The summed E-state index contributed by atoms with van der Waals surface area (Å²) in [6.07, 6.45) is 4.03. The highest BCUT2D eigenvalue weighted by molar-refractivity contribution is 6.32. The monoisotopic (exact) mass is 286 g/mol. The zero-order valence-electron chi connectivity index (χ0n) is 11.6. The molecule has 0 radical (unpaired) electrons. The number of pyridine rings is 1. The van der Waals surface area contributed by atoms with Gasteiger partial charge in [0.15, 0.2) is 0 Å². The lowest BCUT2D eigenvalue weighted by atomic mass is 10.1. The molecule has 102 valence electrons. The van der Waals surface area contributed by atoms with Gasteiger partial charge in [0.05, 0.1) is 17.8 Å². The number of benzene rings is 1. The lowest BCUT2D eigenvalue weighted by Gasteiger charge is -2.08. The van der Waals surface area contributed by atoms with Crippen molar-refractivity contribution >= 4 is 17.2 Å². The Morgan fingerprint density at radius 2 is 2.00 bits per heavy atom. The molecule has 0 saturated carbocycles. The Morgan fingerprint density at radius 3 is 2.75 bits per heavy atom. The number of rotatable bonds is 2. The molecule has 0 bridgehead atoms. The summed E-state index contributed by atoms with van der Waals surface area (Å²) < 4.78 is 7.25. The van der Waals surface area contributed by atoms with Crippen molar-refractivity contribution in [3.63, 3.8) is 0 Å². The van der Waals surface area contributed by atoms with Crippen LogP contribution in [0.15, 0.2) is 36.7 Å². The normalized spacial score (nSPS) is 11.0. The third kappa shape index (κ3) is 2.14. The number of aromatic nitrogens is 2. The standard InChI is InChI=1S/C16H15ClN2O/c1-10-4-5-19-9-14(18-16(19)6-10)12-8-13(17)15(20-3)7-11(12)2/h4-9H,1-3H3. The molecule has 0 amide bonds. The Hall–Kier alpha value is -2.00. The summed E-state index contributed by atoms with van der Waals surface area (Å²) in [7, 11) is 1.62. The molecular weight excluding hydrogens is 272 g/mol. The molecular formula is C16H15ClN2O. The highest BCUT2D eigenvalue weighted by atomic mass is 35.5. The topological polar surface area (TPSA) is 26.5 Å². The number of halogens is 1. The van der Waals surface area contributed by atoms with Crippen molar-refractivity contribution in [3.8, 4) is 17.0 Å². The van der Waals surface area contributed by atoms with E-state index in [2.05, 4.69) is 24.0 Å². The fourth-order valence-electron chi connectivity index (χ4n) is 2.30. The Balaban J connectivity index is 2.17. The minimum Gasteiger partial charge on any atom is -0.495 e. The van der Waals surface area contributed by atoms with Crippen LogP contribution in [0.3, 0.4) is 0 Å². The van der Waals surface area contributed by atoms with Crippen molar-refractivity contribution in [3.05, 3.63) is 52.8 Å². The van der Waals surface area contributed by atoms with Gasteiger partial charge in [0, 0.05) is 18.0 Å². The second-order valence-corrected chi connectivity index (χ2v) is 5.30. The highest BCUT2D eigenvalue weighted by Gasteiger charge is 2.11. The Labute approximate surface area is 122 Å². The first-order valence-corrected chi connectivity index (χ1v) is 6.76. The van der Waals surface area contributed by atoms with Crippen LogP contribution in [-0.4, -0.2) is 16.5 Å². The smallest absolute Gasteiger partial charge is 0.137 e. The predicted molar refractivity (Wildman–Crippen MR) is 81.7 cm³/mol. The summed E-state index contributed by atoms with van der Waals surface area (Å²) in [5.74, 6) is 0.688. The van der Waals surface area contributed by atoms with E-state index in [9.17, 15) is 0 Å². The van der Waals surface area contributed by atoms with Gasteiger partial charge < -0.3 is 9.14 Å². The summed E-state index contributed by atoms with van der Waals surface area (Å²) in [5, 5.41) is 0.598. The molecule has 0 unspecified atom stereocenters. The van der Waals surface area contributed by atoms with Crippen molar-refractivity contribution < 1.29 is 4.74 Å². The zero-order chi connectivity index (χ0) is 14.3. The molecule has 0 aliphatic rings. The van der Waals surface area contributed by atoms with Crippen molar-refractivity contribution in [1.29, 1.82) is 0 Å². The molecule has 0 aliphatic heterocycles. The molecule has 3 rings (SSSR count). The maximum absolute atomic E-state index is 6.22. The summed E-state index contributed by atoms with van der Waals surface area (Å²) in [6, 6.07) is 7.97. The first-order chi connectivity index (χ1) is 9.58. The molecule has 2 aromatic heterocycles. The number of hydrogen-bond donors (Lipinski definition) is 0. The third-order valence-electron chi connectivity index (χ3n) is 3.39. The van der Waals surface area contributed by atoms with Crippen LogP contribution < -0.4 is 4.74 Å². The Bertz CT molecular complexity index is 793. The van der Waals surface area contributed by atoms with E-state index in [1.807, 2.05) is 35.9 Å². The van der Waals surface area contributed by atoms with Gasteiger partial charge in [-0.3, -0.25) is 0 Å². The first kappa shape index (κ1) is 13.0. The number of fused-ring (bicyclic) bond motifs is 1. The Kier molecular flexibility index (Phi) is 3.14. The molecule has 3 aromatic rings. The van der Waals surface area contributed by atoms with Gasteiger partial charge in [0.1, 0.15) is 11.4 Å². The van der Waals surface area contributed by atoms with Crippen LogP contribution in [0, 0.1) is 13.8 Å². The molecule has 0 aliphatic carbocycles. The minimum atomic E-state index is 0.598. The van der Waals surface area contributed by atoms with Crippen molar-refractivity contribution in [2.24, 2.45) is 0 Å². The number of imidazole rings is 1. The molecule has 0 fully saturated rings. The van der Waals surface area contributed by atoms with Crippen LogP contribution >= 0.6 is 11.6 Å². The molecule has 0 N–H and O–H groups in total. The van der Waals surface area contributed by atoms with Crippen LogP contribution in [0.1, 0.15) is 11.1 Å². The second-order valence-electron chi connectivity index (χ2n) is 4.90. The van der Waals surface area contributed by atoms with Crippen LogP contribution in [-0.2, 0) is 0 Å². The number of nitrogens with zero attached hydrogens (tertiary/aromatic N) is 2. The third-order valence-corrected chi connectivity index (χ3v) is 3.69. The lowest BCUT2D eigenvalue weighted by molar-refractivity contribution is 0.415. The molecule has 1 aromatic carbocycles. The van der Waals surface area contributed by atoms with E-state index in [1.165, 1.54) is 5.56 Å². The van der Waals surface area contributed by atoms with E-state index in [0.29, 0.717) is 10.8 Å². The average Bonchev–Trinajstić information content (AvgIpc) is 2.83. The number of ether oxygens (including phenoxy) is 1. The van der Waals surface area contributed by atoms with Gasteiger partial charge in [-0.05, 0) is 49.2 Å². The van der Waals surface area contributed by atoms with Gasteiger partial charge in [-0.15, -0.1) is 0 Å². The van der Waals surface area contributed by atoms with Crippen molar-refractivity contribution in [2.45, 2.75) is 13.8 Å². The molecule has 20 heavy (non-hydrogen) atoms. The maximum atomic E-state index is 6.22. The summed E-state index contributed by atoms with van der Waals surface area (Å²) in [5.41, 5.74) is 5.16. The van der Waals surface area contributed by atoms with Crippen LogP contribution in [0.4, 0.5) is 0 Å². The van der Waals surface area contributed by atoms with Crippen LogP contribution in [0.2, 0.25) is 5.02 Å². The van der Waals surface area contributed by atoms with Crippen molar-refractivity contribution in [1.82, 2.24) is 9.38 Å². The minimum absolute atomic E-state index is 0.598. The van der Waals surface area contributed by atoms with E-state index >= 15 is 0 Å². The maximum Gasteiger partial charge on any atom is 0.137 e. The molecule has 0 spiro atoms. The number of aryl methyl sites for hydroxylation is 2. The van der Waals surface area contributed by atoms with Gasteiger partial charge in [0.25, 0.3) is 0 Å². The van der Waals surface area contributed by atoms with Gasteiger partial charge in [-0.25, -0.2) is 4.98 Å². The van der Waals surface area contributed by atoms with E-state index in [0.717, 1.165) is 22.5 Å². The highest BCUT2D eigenvalue weighted by Crippen LogP contribution is 2.33. The van der Waals surface area contributed by atoms with Gasteiger partial charge in [0.2, 0.25) is 0 Å². The number of methoxy groups -OCH3 is 1. The first-order valence-electron chi connectivity index (χ1n) is 6.38. The van der Waals surface area contributed by atoms with Crippen molar-refractivity contribution in [2.75, 3.05) is 7.11 Å². The van der Waals surface area contributed by atoms with E-state index in [1.54, 1.807) is 7.11 Å². The zero-order valence-corrected chi connectivity index (χ0v) is 12.4. The quantitative estimate of drug-likeness (QED) is 0.703. The predicted octanol–water partition coefficient (Wildman–Crippen LogP) is 4.28. The van der Waals surface area contributed by atoms with Gasteiger partial charge >= 0.3 is 0 Å². The van der Waals surface area contributed by atoms with E-state index in [4.69, 9.17) is 16.3 Å². The summed E-state index contributed by atoms with van der Waals surface area (Å²) in [4.78, 5) is 4.66. The van der Waals surface area contributed by atoms with Crippen LogP contribution in [0.25, 0.3) is 16.9 Å². The molecule has 2 heterocycles. The van der Waals surface area contributed by atoms with Gasteiger partial charge in [-0.2, -0.15) is 0 Å². The fraction of sp³-hybridized carbons (Fsp3) is 0.188. The summed E-state index contributed by atoms with van der Waals surface area (Å²) >= 11 is 6.22. The largest absolute Gasteiger partial charge is 0.495 e. The molecule has 3 nitrogen and oxygen atoms in total. The van der Waals surface area contributed by atoms with E-state index in [-0.39, 0.29) is 0 Å². The second kappa shape index (κ2) is 4.84. The Morgan fingerprint density at radius 1 is 1.20 bits per heavy atom. The molecule has 0 saturated heterocycles. The average molecular weight is 287 g/mol. The molecule has 4 heteroatoms. The SMILES string of the molecule is COc1cc(C)c(-c2cn3ccc(C)cc3n2)cc1Cl.